The molecule has 0 aliphatic carbocycles. The Morgan fingerprint density at radius 3 is 2.83 bits per heavy atom. The van der Waals surface area contributed by atoms with Crippen LogP contribution in [0.2, 0.25) is 0 Å². The van der Waals surface area contributed by atoms with Gasteiger partial charge in [0.05, 0.1) is 11.3 Å². The van der Waals surface area contributed by atoms with Gasteiger partial charge in [-0.1, -0.05) is 5.16 Å². The molecule has 0 atom stereocenters. The fourth-order valence-corrected chi connectivity index (χ4v) is 1.93. The Labute approximate surface area is 113 Å². The molecule has 1 amide bonds. The molecule has 6 heteroatoms. The Kier molecular flexibility index (Phi) is 3.76. The van der Waals surface area contributed by atoms with Crippen LogP contribution < -0.4 is 5.32 Å². The summed E-state index contributed by atoms with van der Waals surface area (Å²) in [5.74, 6) is 0.545. The zero-order chi connectivity index (χ0) is 13.1. The van der Waals surface area contributed by atoms with E-state index in [1.165, 1.54) is 6.20 Å². The van der Waals surface area contributed by atoms with Crippen LogP contribution in [0.25, 0.3) is 0 Å². The van der Waals surface area contributed by atoms with E-state index in [4.69, 9.17) is 4.52 Å². The van der Waals surface area contributed by atoms with Gasteiger partial charge in [-0.3, -0.25) is 9.78 Å². The number of pyridine rings is 1. The molecular weight excluding hydrogens is 298 g/mol. The third-order valence-corrected chi connectivity index (χ3v) is 3.01. The maximum absolute atomic E-state index is 11.9. The van der Waals surface area contributed by atoms with Gasteiger partial charge in [-0.15, -0.1) is 0 Å². The summed E-state index contributed by atoms with van der Waals surface area (Å²) in [6, 6.07) is 1.72. The van der Waals surface area contributed by atoms with Gasteiger partial charge in [0.15, 0.2) is 0 Å². The van der Waals surface area contributed by atoms with Crippen molar-refractivity contribution in [2.45, 2.75) is 20.4 Å². The van der Waals surface area contributed by atoms with Gasteiger partial charge in [0, 0.05) is 29.0 Å². The minimum Gasteiger partial charge on any atom is -0.361 e. The molecule has 0 unspecified atom stereocenters. The molecule has 1 N–H and O–H groups in total. The van der Waals surface area contributed by atoms with Gasteiger partial charge in [0.2, 0.25) is 0 Å². The molecule has 0 saturated carbocycles. The second kappa shape index (κ2) is 5.30. The van der Waals surface area contributed by atoms with E-state index in [1.807, 2.05) is 13.8 Å². The van der Waals surface area contributed by atoms with E-state index in [1.54, 1.807) is 12.3 Å². The zero-order valence-corrected chi connectivity index (χ0v) is 11.6. The summed E-state index contributed by atoms with van der Waals surface area (Å²) >= 11 is 3.28. The summed E-state index contributed by atoms with van der Waals surface area (Å²) in [7, 11) is 0. The van der Waals surface area contributed by atoms with Gasteiger partial charge in [-0.25, -0.2) is 0 Å². The highest BCUT2D eigenvalue weighted by atomic mass is 79.9. The fraction of sp³-hybridized carbons (Fsp3) is 0.250. The molecule has 2 rings (SSSR count). The molecule has 0 fully saturated rings. The normalized spacial score (nSPS) is 10.4. The average molecular weight is 310 g/mol. The number of hydrogen-bond acceptors (Lipinski definition) is 4. The second-order valence-corrected chi connectivity index (χ2v) is 4.79. The van der Waals surface area contributed by atoms with E-state index in [0.29, 0.717) is 12.1 Å². The van der Waals surface area contributed by atoms with Crippen LogP contribution in [-0.2, 0) is 6.54 Å². The van der Waals surface area contributed by atoms with Crippen molar-refractivity contribution < 1.29 is 9.32 Å². The molecule has 0 aliphatic rings. The Morgan fingerprint density at radius 1 is 1.44 bits per heavy atom. The molecule has 0 saturated heterocycles. The Hall–Kier alpha value is -1.69. The smallest absolute Gasteiger partial charge is 0.253 e. The standard InChI is InChI=1S/C12H12BrN3O2/c1-7-11(8(2)18-16-7)6-15-12(17)9-3-10(13)5-14-4-9/h3-5H,6H2,1-2H3,(H,15,17). The molecule has 5 nitrogen and oxygen atoms in total. The van der Waals surface area contributed by atoms with E-state index in [-0.39, 0.29) is 5.91 Å². The Balaban J connectivity index is 2.05. The third kappa shape index (κ3) is 2.76. The van der Waals surface area contributed by atoms with Crippen LogP contribution in [0.5, 0.6) is 0 Å². The minimum atomic E-state index is -0.177. The summed E-state index contributed by atoms with van der Waals surface area (Å²) in [5, 5.41) is 6.65. The van der Waals surface area contributed by atoms with Crippen molar-refractivity contribution in [1.29, 1.82) is 0 Å². The van der Waals surface area contributed by atoms with E-state index in [0.717, 1.165) is 21.5 Å². The predicted molar refractivity (Wildman–Crippen MR) is 69.1 cm³/mol. The van der Waals surface area contributed by atoms with Crippen LogP contribution in [0.15, 0.2) is 27.5 Å². The highest BCUT2D eigenvalue weighted by molar-refractivity contribution is 9.10. The maximum Gasteiger partial charge on any atom is 0.253 e. The summed E-state index contributed by atoms with van der Waals surface area (Å²) in [6.45, 7) is 4.06. The first-order valence-electron chi connectivity index (χ1n) is 5.38. The molecule has 0 bridgehead atoms. The number of aryl methyl sites for hydroxylation is 2. The van der Waals surface area contributed by atoms with Crippen molar-refractivity contribution in [3.63, 3.8) is 0 Å². The largest absolute Gasteiger partial charge is 0.361 e. The quantitative estimate of drug-likeness (QED) is 0.945. The van der Waals surface area contributed by atoms with Crippen LogP contribution in [0.4, 0.5) is 0 Å². The number of hydrogen-bond donors (Lipinski definition) is 1. The lowest BCUT2D eigenvalue weighted by atomic mass is 10.2. The molecule has 0 radical (unpaired) electrons. The Morgan fingerprint density at radius 2 is 2.22 bits per heavy atom. The van der Waals surface area contributed by atoms with Gasteiger partial charge in [-0.2, -0.15) is 0 Å². The summed E-state index contributed by atoms with van der Waals surface area (Å²) in [5.41, 5.74) is 2.21. The number of amides is 1. The molecular formula is C12H12BrN3O2. The third-order valence-electron chi connectivity index (χ3n) is 2.57. The summed E-state index contributed by atoms with van der Waals surface area (Å²) in [6.07, 6.45) is 3.15. The number of aromatic nitrogens is 2. The van der Waals surface area contributed by atoms with Crippen LogP contribution in [0, 0.1) is 13.8 Å². The fourth-order valence-electron chi connectivity index (χ4n) is 1.56. The molecule has 0 aromatic carbocycles. The van der Waals surface area contributed by atoms with Crippen LogP contribution >= 0.6 is 15.9 Å². The second-order valence-electron chi connectivity index (χ2n) is 3.88. The summed E-state index contributed by atoms with van der Waals surface area (Å²) < 4.78 is 5.80. The van der Waals surface area contributed by atoms with Gasteiger partial charge in [0.1, 0.15) is 5.76 Å². The van der Waals surface area contributed by atoms with Crippen molar-refractivity contribution in [2.24, 2.45) is 0 Å². The van der Waals surface area contributed by atoms with Crippen LogP contribution in [0.3, 0.4) is 0 Å². The predicted octanol–water partition coefficient (Wildman–Crippen LogP) is 2.38. The molecule has 0 aliphatic heterocycles. The lowest BCUT2D eigenvalue weighted by Gasteiger charge is -2.04. The van der Waals surface area contributed by atoms with E-state index in [2.05, 4.69) is 31.4 Å². The highest BCUT2D eigenvalue weighted by Crippen LogP contribution is 2.13. The average Bonchev–Trinajstić information content (AvgIpc) is 2.66. The van der Waals surface area contributed by atoms with Gasteiger partial charge < -0.3 is 9.84 Å². The SMILES string of the molecule is Cc1noc(C)c1CNC(=O)c1cncc(Br)c1. The minimum absolute atomic E-state index is 0.177. The van der Waals surface area contributed by atoms with Crippen LogP contribution in [-0.4, -0.2) is 16.0 Å². The highest BCUT2D eigenvalue weighted by Gasteiger charge is 2.11. The first-order valence-corrected chi connectivity index (χ1v) is 6.17. The van der Waals surface area contributed by atoms with Crippen molar-refractivity contribution in [3.05, 3.63) is 45.5 Å². The van der Waals surface area contributed by atoms with Crippen molar-refractivity contribution in [2.75, 3.05) is 0 Å². The zero-order valence-electron chi connectivity index (χ0n) is 10.0. The number of halogens is 1. The van der Waals surface area contributed by atoms with Crippen molar-refractivity contribution >= 4 is 21.8 Å². The Bertz CT molecular complexity index is 561. The number of nitrogens with one attached hydrogen (secondary N) is 1. The van der Waals surface area contributed by atoms with Crippen LogP contribution in [0.1, 0.15) is 27.4 Å². The number of nitrogens with zero attached hydrogens (tertiary/aromatic N) is 2. The first-order chi connectivity index (χ1) is 8.58. The van der Waals surface area contributed by atoms with Gasteiger partial charge in [0.25, 0.3) is 5.91 Å². The molecule has 18 heavy (non-hydrogen) atoms. The van der Waals surface area contributed by atoms with E-state index >= 15 is 0 Å². The lowest BCUT2D eigenvalue weighted by Crippen LogP contribution is -2.23. The molecule has 0 spiro atoms. The van der Waals surface area contributed by atoms with Gasteiger partial charge >= 0.3 is 0 Å². The summed E-state index contributed by atoms with van der Waals surface area (Å²) in [4.78, 5) is 15.8. The van der Waals surface area contributed by atoms with E-state index < -0.39 is 0 Å². The van der Waals surface area contributed by atoms with Gasteiger partial charge in [-0.05, 0) is 35.8 Å². The number of carbonyl (C=O) groups is 1. The molecule has 94 valence electrons. The van der Waals surface area contributed by atoms with E-state index in [9.17, 15) is 4.79 Å². The topological polar surface area (TPSA) is 68.0 Å². The molecule has 2 heterocycles. The maximum atomic E-state index is 11.9. The number of carbonyl (C=O) groups excluding carboxylic acids is 1. The first kappa shape index (κ1) is 12.8. The van der Waals surface area contributed by atoms with Crippen molar-refractivity contribution in [3.8, 4) is 0 Å². The molecule has 2 aromatic heterocycles. The molecule has 2 aromatic rings. The van der Waals surface area contributed by atoms with Crippen molar-refractivity contribution in [1.82, 2.24) is 15.5 Å². The lowest BCUT2D eigenvalue weighted by molar-refractivity contribution is 0.0950. The number of rotatable bonds is 3. The monoisotopic (exact) mass is 309 g/mol.